The lowest BCUT2D eigenvalue weighted by Crippen LogP contribution is -2.51. The maximum atomic E-state index is 2.42. The third-order valence-electron chi connectivity index (χ3n) is 9.09. The second-order valence-corrected chi connectivity index (χ2v) is 13.2. The fourth-order valence-electron chi connectivity index (χ4n) is 6.74. The molecule has 0 N–H and O–H groups in total. The zero-order chi connectivity index (χ0) is 31.4. The molecule has 0 spiro atoms. The molecule has 0 saturated heterocycles. The second kappa shape index (κ2) is 13.2. The summed E-state index contributed by atoms with van der Waals surface area (Å²) in [4.78, 5) is 2.31. The Hall–Kier alpha value is -5.38. The van der Waals surface area contributed by atoms with Gasteiger partial charge in [-0.3, -0.25) is 0 Å². The van der Waals surface area contributed by atoms with Crippen LogP contribution in [-0.4, -0.2) is 6.71 Å². The van der Waals surface area contributed by atoms with Crippen molar-refractivity contribution in [2.45, 2.75) is 12.8 Å². The predicted octanol–water partition coefficient (Wildman–Crippen LogP) is 9.83. The zero-order valence-corrected chi connectivity index (χ0v) is 27.0. The van der Waals surface area contributed by atoms with Crippen molar-refractivity contribution in [2.24, 2.45) is 0 Å². The summed E-state index contributed by atoms with van der Waals surface area (Å²) in [5.41, 5.74) is 10.2. The molecule has 1 heterocycles. The predicted molar refractivity (Wildman–Crippen MR) is 205 cm³/mol. The summed E-state index contributed by atoms with van der Waals surface area (Å²) in [6.45, 7) is 0.210. The number of fused-ring (bicyclic) bond motifs is 3. The van der Waals surface area contributed by atoms with Gasteiger partial charge >= 0.3 is 0 Å². The molecule has 0 bridgehead atoms. The first-order valence-electron chi connectivity index (χ1n) is 16.3. The number of benzene rings is 7. The van der Waals surface area contributed by atoms with E-state index < -0.39 is 0 Å². The van der Waals surface area contributed by atoms with Crippen LogP contribution < -0.4 is 21.3 Å². The first-order chi connectivity index (χ1) is 23.3. The van der Waals surface area contributed by atoms with E-state index in [-0.39, 0.29) is 6.71 Å². The van der Waals surface area contributed by atoms with Gasteiger partial charge in [0.05, 0.1) is 0 Å². The number of nitrogens with zero attached hydrogens (tertiary/aromatic N) is 1. The van der Waals surface area contributed by atoms with E-state index in [0.29, 0.717) is 0 Å². The Labute approximate surface area is 281 Å². The lowest BCUT2D eigenvalue weighted by Gasteiger charge is -2.25. The number of para-hydroxylation sites is 2. The summed E-state index contributed by atoms with van der Waals surface area (Å²) in [6, 6.07) is 66.1. The molecule has 0 aliphatic carbocycles. The standard InChI is InChI=1S/C44H34BNS/c1-5-13-35(14-6-1)45(36-15-7-2-8-16-36)37-26-30-42-41-29-25-34(31-43(41)47-44(42)32-37)22-21-33-23-27-40(28-24-33)46(38-17-9-3-10-18-38)39-19-11-4-12-20-39/h1-20,23-32H,21-22H2. The van der Waals surface area contributed by atoms with Crippen LogP contribution in [0.15, 0.2) is 182 Å². The van der Waals surface area contributed by atoms with Gasteiger partial charge < -0.3 is 4.90 Å². The van der Waals surface area contributed by atoms with Crippen molar-refractivity contribution in [2.75, 3.05) is 4.90 Å². The van der Waals surface area contributed by atoms with Crippen LogP contribution in [0, 0.1) is 0 Å². The quantitative estimate of drug-likeness (QED) is 0.145. The average molecular weight is 620 g/mol. The molecular weight excluding hydrogens is 585 g/mol. The van der Waals surface area contributed by atoms with Crippen molar-refractivity contribution in [1.82, 2.24) is 0 Å². The average Bonchev–Trinajstić information content (AvgIpc) is 3.50. The van der Waals surface area contributed by atoms with Crippen molar-refractivity contribution in [3.8, 4) is 0 Å². The van der Waals surface area contributed by atoms with Crippen LogP contribution >= 0.6 is 11.3 Å². The molecule has 0 saturated carbocycles. The van der Waals surface area contributed by atoms with E-state index in [1.54, 1.807) is 0 Å². The molecule has 0 aliphatic heterocycles. The van der Waals surface area contributed by atoms with Crippen LogP contribution in [0.4, 0.5) is 17.1 Å². The number of hydrogen-bond donors (Lipinski definition) is 0. The molecule has 0 radical (unpaired) electrons. The maximum Gasteiger partial charge on any atom is 0.241 e. The molecular formula is C44H34BNS. The molecule has 0 atom stereocenters. The summed E-state index contributed by atoms with van der Waals surface area (Å²) >= 11 is 1.91. The third-order valence-corrected chi connectivity index (χ3v) is 10.2. The van der Waals surface area contributed by atoms with E-state index in [2.05, 4.69) is 187 Å². The van der Waals surface area contributed by atoms with Crippen LogP contribution in [-0.2, 0) is 12.8 Å². The van der Waals surface area contributed by atoms with Crippen molar-refractivity contribution in [3.05, 3.63) is 193 Å². The largest absolute Gasteiger partial charge is 0.311 e. The third kappa shape index (κ3) is 6.11. The summed E-state index contributed by atoms with van der Waals surface area (Å²) in [5, 5.41) is 2.69. The molecule has 7 aromatic carbocycles. The van der Waals surface area contributed by atoms with Crippen LogP contribution in [0.25, 0.3) is 20.2 Å². The summed E-state index contributed by atoms with van der Waals surface area (Å²) in [5.74, 6) is 0. The SMILES string of the molecule is c1ccc(B(c2ccccc2)c2ccc3c(c2)sc2cc(CCc4ccc(N(c5ccccc5)c5ccccc5)cc4)ccc23)cc1. The second-order valence-electron chi connectivity index (χ2n) is 12.1. The highest BCUT2D eigenvalue weighted by atomic mass is 32.1. The van der Waals surface area contributed by atoms with Crippen LogP contribution in [0.2, 0.25) is 0 Å². The van der Waals surface area contributed by atoms with Crippen molar-refractivity contribution >= 4 is 71.7 Å². The molecule has 0 unspecified atom stereocenters. The van der Waals surface area contributed by atoms with Gasteiger partial charge in [0.25, 0.3) is 0 Å². The Balaban J connectivity index is 1.03. The fraction of sp³-hybridized carbons (Fsp3) is 0.0455. The normalized spacial score (nSPS) is 11.1. The number of rotatable bonds is 9. The van der Waals surface area contributed by atoms with Gasteiger partial charge in [-0.2, -0.15) is 0 Å². The molecule has 0 aliphatic rings. The number of thiophene rings is 1. The Bertz CT molecular complexity index is 2150. The summed E-state index contributed by atoms with van der Waals surface area (Å²) in [6.07, 6.45) is 2.02. The van der Waals surface area contributed by atoms with E-state index in [0.717, 1.165) is 24.2 Å². The molecule has 0 amide bonds. The summed E-state index contributed by atoms with van der Waals surface area (Å²) < 4.78 is 2.71. The lowest BCUT2D eigenvalue weighted by molar-refractivity contribution is 0.962. The Morgan fingerprint density at radius 3 is 1.40 bits per heavy atom. The van der Waals surface area contributed by atoms with Crippen LogP contribution in [0.3, 0.4) is 0 Å². The lowest BCUT2D eigenvalue weighted by atomic mass is 9.37. The molecule has 3 heteroatoms. The highest BCUT2D eigenvalue weighted by Gasteiger charge is 2.22. The molecule has 47 heavy (non-hydrogen) atoms. The van der Waals surface area contributed by atoms with Gasteiger partial charge in [0.15, 0.2) is 0 Å². The minimum absolute atomic E-state index is 0.210. The van der Waals surface area contributed by atoms with Crippen molar-refractivity contribution in [1.29, 1.82) is 0 Å². The topological polar surface area (TPSA) is 3.24 Å². The molecule has 1 aromatic heterocycles. The number of aryl methyl sites for hydroxylation is 2. The molecule has 8 rings (SSSR count). The first kappa shape index (κ1) is 29.1. The fourth-order valence-corrected chi connectivity index (χ4v) is 7.96. The van der Waals surface area contributed by atoms with Gasteiger partial charge in [0.2, 0.25) is 6.71 Å². The monoisotopic (exact) mass is 619 g/mol. The van der Waals surface area contributed by atoms with E-state index >= 15 is 0 Å². The minimum Gasteiger partial charge on any atom is -0.311 e. The van der Waals surface area contributed by atoms with Gasteiger partial charge in [0, 0.05) is 37.2 Å². The summed E-state index contributed by atoms with van der Waals surface area (Å²) in [7, 11) is 0. The highest BCUT2D eigenvalue weighted by molar-refractivity contribution is 7.26. The molecule has 8 aromatic rings. The van der Waals surface area contributed by atoms with Gasteiger partial charge in [-0.1, -0.05) is 150 Å². The van der Waals surface area contributed by atoms with Crippen molar-refractivity contribution in [3.63, 3.8) is 0 Å². The molecule has 1 nitrogen and oxygen atoms in total. The van der Waals surface area contributed by atoms with Crippen LogP contribution in [0.5, 0.6) is 0 Å². The van der Waals surface area contributed by atoms with Gasteiger partial charge in [-0.05, 0) is 72.5 Å². The minimum atomic E-state index is 0.210. The Morgan fingerprint density at radius 1 is 0.383 bits per heavy atom. The number of hydrogen-bond acceptors (Lipinski definition) is 2. The number of anilines is 3. The first-order valence-corrected chi connectivity index (χ1v) is 17.2. The Kier molecular flexibility index (Phi) is 8.13. The van der Waals surface area contributed by atoms with Gasteiger partial charge in [-0.15, -0.1) is 11.3 Å². The van der Waals surface area contributed by atoms with E-state index in [1.807, 2.05) is 11.3 Å². The zero-order valence-electron chi connectivity index (χ0n) is 26.2. The highest BCUT2D eigenvalue weighted by Crippen LogP contribution is 2.35. The van der Waals surface area contributed by atoms with Crippen molar-refractivity contribution < 1.29 is 0 Å². The Morgan fingerprint density at radius 2 is 0.830 bits per heavy atom. The van der Waals surface area contributed by atoms with Gasteiger partial charge in [-0.25, -0.2) is 0 Å². The van der Waals surface area contributed by atoms with E-state index in [4.69, 9.17) is 0 Å². The van der Waals surface area contributed by atoms with E-state index in [9.17, 15) is 0 Å². The smallest absolute Gasteiger partial charge is 0.241 e. The maximum absolute atomic E-state index is 2.42. The molecule has 224 valence electrons. The van der Waals surface area contributed by atoms with Crippen LogP contribution in [0.1, 0.15) is 11.1 Å². The van der Waals surface area contributed by atoms with E-state index in [1.165, 1.54) is 53.4 Å². The van der Waals surface area contributed by atoms with Gasteiger partial charge in [0.1, 0.15) is 0 Å². The molecule has 0 fully saturated rings.